The van der Waals surface area contributed by atoms with E-state index in [0.717, 1.165) is 0 Å². The Balaban J connectivity index is 2.25. The summed E-state index contributed by atoms with van der Waals surface area (Å²) in [6.07, 6.45) is 0.391. The Bertz CT molecular complexity index is 320. The molecule has 0 aromatic rings. The number of nitrogens with one attached hydrogen (secondary N) is 2. The third kappa shape index (κ3) is 6.02. The maximum absolute atomic E-state index is 11.7. The van der Waals surface area contributed by atoms with Gasteiger partial charge in [-0.25, -0.2) is 4.79 Å². The summed E-state index contributed by atoms with van der Waals surface area (Å²) in [5.41, 5.74) is 0. The van der Waals surface area contributed by atoms with Gasteiger partial charge in [0.2, 0.25) is 5.91 Å². The van der Waals surface area contributed by atoms with Gasteiger partial charge in [0.05, 0.1) is 12.6 Å². The van der Waals surface area contributed by atoms with Crippen LogP contribution in [0.3, 0.4) is 0 Å². The van der Waals surface area contributed by atoms with E-state index in [0.29, 0.717) is 32.0 Å². The van der Waals surface area contributed by atoms with Crippen LogP contribution in [0.2, 0.25) is 0 Å². The number of amides is 3. The third-order valence-electron chi connectivity index (χ3n) is 3.24. The number of aliphatic hydroxyl groups excluding tert-OH is 1. The van der Waals surface area contributed by atoms with Gasteiger partial charge in [-0.2, -0.15) is 0 Å². The highest BCUT2D eigenvalue weighted by Gasteiger charge is 2.25. The fourth-order valence-corrected chi connectivity index (χ4v) is 2.07. The van der Waals surface area contributed by atoms with Crippen LogP contribution < -0.4 is 10.6 Å². The van der Waals surface area contributed by atoms with Gasteiger partial charge in [-0.05, 0) is 18.3 Å². The minimum Gasteiger partial charge on any atom is -0.393 e. The van der Waals surface area contributed by atoms with Crippen LogP contribution in [0.1, 0.15) is 27.2 Å². The summed E-state index contributed by atoms with van der Waals surface area (Å²) in [7, 11) is 0. The van der Waals surface area contributed by atoms with Crippen molar-refractivity contribution >= 4 is 11.9 Å². The molecule has 2 unspecified atom stereocenters. The van der Waals surface area contributed by atoms with Gasteiger partial charge in [-0.15, -0.1) is 0 Å². The molecule has 0 spiro atoms. The minimum absolute atomic E-state index is 0.163. The molecule has 1 saturated heterocycles. The molecule has 0 bridgehead atoms. The molecule has 0 aromatic heterocycles. The second-order valence-corrected chi connectivity index (χ2v) is 5.72. The van der Waals surface area contributed by atoms with E-state index in [1.165, 1.54) is 0 Å². The number of hydrogen-bond acceptors (Lipinski definition) is 4. The molecular weight excluding hydrogens is 246 g/mol. The molecule has 3 amide bonds. The summed E-state index contributed by atoms with van der Waals surface area (Å²) in [5.74, 6) is 0.214. The fraction of sp³-hybridized carbons (Fsp3) is 0.846. The average Bonchev–Trinajstić information content (AvgIpc) is 2.31. The van der Waals surface area contributed by atoms with E-state index in [-0.39, 0.29) is 24.5 Å². The number of aliphatic hydroxyl groups is 1. The van der Waals surface area contributed by atoms with Crippen molar-refractivity contribution in [1.82, 2.24) is 15.5 Å². The van der Waals surface area contributed by atoms with E-state index in [1.807, 2.05) is 25.7 Å². The predicted molar refractivity (Wildman–Crippen MR) is 72.6 cm³/mol. The number of imide groups is 1. The van der Waals surface area contributed by atoms with Gasteiger partial charge in [0.25, 0.3) is 0 Å². The molecule has 2 atom stereocenters. The number of hydrogen-bond donors (Lipinski definition) is 3. The number of nitrogens with zero attached hydrogens (tertiary/aromatic N) is 1. The van der Waals surface area contributed by atoms with Crippen molar-refractivity contribution in [3.8, 4) is 0 Å². The van der Waals surface area contributed by atoms with Gasteiger partial charge in [-0.1, -0.05) is 20.8 Å². The van der Waals surface area contributed by atoms with E-state index >= 15 is 0 Å². The SMILES string of the molecule is CC(C)CNC(=O)NC(=O)CN1CCC(O)C(C)C1. The van der Waals surface area contributed by atoms with Crippen LogP contribution in [0.15, 0.2) is 0 Å². The summed E-state index contributed by atoms with van der Waals surface area (Å²) in [6, 6.07) is -0.441. The number of likely N-dealkylation sites (tertiary alicyclic amines) is 1. The second kappa shape index (κ2) is 7.45. The quantitative estimate of drug-likeness (QED) is 0.681. The van der Waals surface area contributed by atoms with Gasteiger partial charge in [0, 0.05) is 19.6 Å². The standard InChI is InChI=1S/C13H25N3O3/c1-9(2)6-14-13(19)15-12(18)8-16-5-4-11(17)10(3)7-16/h9-11,17H,4-8H2,1-3H3,(H2,14,15,18,19). The molecule has 0 radical (unpaired) electrons. The summed E-state index contributed by atoms with van der Waals surface area (Å²) in [5, 5.41) is 14.6. The van der Waals surface area contributed by atoms with Gasteiger partial charge in [0.15, 0.2) is 0 Å². The lowest BCUT2D eigenvalue weighted by Crippen LogP contribution is -2.49. The molecule has 110 valence electrons. The van der Waals surface area contributed by atoms with Crippen molar-refractivity contribution < 1.29 is 14.7 Å². The van der Waals surface area contributed by atoms with Crippen molar-refractivity contribution in [3.63, 3.8) is 0 Å². The number of rotatable bonds is 4. The second-order valence-electron chi connectivity index (χ2n) is 5.72. The van der Waals surface area contributed by atoms with Crippen LogP contribution in [-0.2, 0) is 4.79 Å². The first kappa shape index (κ1) is 15.9. The van der Waals surface area contributed by atoms with Crippen molar-refractivity contribution in [1.29, 1.82) is 0 Å². The number of carbonyl (C=O) groups excluding carboxylic acids is 2. The molecule has 1 rings (SSSR count). The van der Waals surface area contributed by atoms with E-state index in [1.54, 1.807) is 0 Å². The highest BCUT2D eigenvalue weighted by atomic mass is 16.3. The zero-order valence-corrected chi connectivity index (χ0v) is 12.0. The molecule has 1 heterocycles. The monoisotopic (exact) mass is 271 g/mol. The minimum atomic E-state index is -0.441. The molecule has 0 saturated carbocycles. The van der Waals surface area contributed by atoms with Crippen molar-refractivity contribution in [2.24, 2.45) is 11.8 Å². The van der Waals surface area contributed by atoms with Crippen molar-refractivity contribution in [2.45, 2.75) is 33.3 Å². The normalized spacial score (nSPS) is 24.3. The molecule has 1 fully saturated rings. The highest BCUT2D eigenvalue weighted by Crippen LogP contribution is 2.15. The summed E-state index contributed by atoms with van der Waals surface area (Å²) in [6.45, 7) is 8.06. The number of carbonyl (C=O) groups is 2. The topological polar surface area (TPSA) is 81.7 Å². The largest absolute Gasteiger partial charge is 0.393 e. The first-order valence-electron chi connectivity index (χ1n) is 6.86. The molecule has 0 aromatic carbocycles. The van der Waals surface area contributed by atoms with Crippen molar-refractivity contribution in [2.75, 3.05) is 26.2 Å². The molecular formula is C13H25N3O3. The van der Waals surface area contributed by atoms with Gasteiger partial charge >= 0.3 is 6.03 Å². The molecule has 19 heavy (non-hydrogen) atoms. The average molecular weight is 271 g/mol. The Labute approximate surface area is 114 Å². The van der Waals surface area contributed by atoms with Crippen LogP contribution in [0.5, 0.6) is 0 Å². The molecule has 1 aliphatic rings. The van der Waals surface area contributed by atoms with E-state index < -0.39 is 6.03 Å². The Morgan fingerprint density at radius 1 is 1.42 bits per heavy atom. The smallest absolute Gasteiger partial charge is 0.321 e. The summed E-state index contributed by atoms with van der Waals surface area (Å²) < 4.78 is 0. The van der Waals surface area contributed by atoms with E-state index in [2.05, 4.69) is 10.6 Å². The van der Waals surface area contributed by atoms with Crippen LogP contribution in [0.4, 0.5) is 4.79 Å². The zero-order chi connectivity index (χ0) is 14.4. The lowest BCUT2D eigenvalue weighted by molar-refractivity contribution is -0.122. The first-order valence-corrected chi connectivity index (χ1v) is 6.86. The predicted octanol–water partition coefficient (Wildman–Crippen LogP) is 0.171. The Hall–Kier alpha value is -1.14. The number of urea groups is 1. The first-order chi connectivity index (χ1) is 8.88. The molecule has 0 aliphatic carbocycles. The maximum Gasteiger partial charge on any atom is 0.321 e. The van der Waals surface area contributed by atoms with Crippen LogP contribution in [0.25, 0.3) is 0 Å². The van der Waals surface area contributed by atoms with Crippen LogP contribution >= 0.6 is 0 Å². The lowest BCUT2D eigenvalue weighted by Gasteiger charge is -2.33. The van der Waals surface area contributed by atoms with Crippen molar-refractivity contribution in [3.05, 3.63) is 0 Å². The fourth-order valence-electron chi connectivity index (χ4n) is 2.07. The number of piperidine rings is 1. The van der Waals surface area contributed by atoms with E-state index in [9.17, 15) is 14.7 Å². The maximum atomic E-state index is 11.7. The third-order valence-corrected chi connectivity index (χ3v) is 3.24. The molecule has 3 N–H and O–H groups in total. The van der Waals surface area contributed by atoms with Gasteiger partial charge in [0.1, 0.15) is 0 Å². The molecule has 6 nitrogen and oxygen atoms in total. The van der Waals surface area contributed by atoms with Crippen LogP contribution in [0, 0.1) is 11.8 Å². The Kier molecular flexibility index (Phi) is 6.24. The zero-order valence-electron chi connectivity index (χ0n) is 12.0. The van der Waals surface area contributed by atoms with Gasteiger partial charge < -0.3 is 10.4 Å². The van der Waals surface area contributed by atoms with E-state index in [4.69, 9.17) is 0 Å². The molecule has 1 aliphatic heterocycles. The lowest BCUT2D eigenvalue weighted by atomic mass is 9.97. The Morgan fingerprint density at radius 3 is 2.68 bits per heavy atom. The Morgan fingerprint density at radius 2 is 2.11 bits per heavy atom. The summed E-state index contributed by atoms with van der Waals surface area (Å²) >= 11 is 0. The van der Waals surface area contributed by atoms with Gasteiger partial charge in [-0.3, -0.25) is 15.0 Å². The van der Waals surface area contributed by atoms with Crippen LogP contribution in [-0.4, -0.2) is 54.2 Å². The molecule has 6 heteroatoms. The highest BCUT2D eigenvalue weighted by molar-refractivity contribution is 5.95. The summed E-state index contributed by atoms with van der Waals surface area (Å²) in [4.78, 5) is 25.1.